The van der Waals surface area contributed by atoms with Gasteiger partial charge in [-0.25, -0.2) is 0 Å². The van der Waals surface area contributed by atoms with E-state index in [2.05, 4.69) is 0 Å². The fourth-order valence-corrected chi connectivity index (χ4v) is 1.14. The largest absolute Gasteiger partial charge is 0.462 e. The summed E-state index contributed by atoms with van der Waals surface area (Å²) in [6.45, 7) is 3.33. The third kappa shape index (κ3) is 9.58. The number of aldehydes is 1. The van der Waals surface area contributed by atoms with Gasteiger partial charge in [-0.3, -0.25) is 19.2 Å². The molecule has 0 unspecified atom stereocenters. The summed E-state index contributed by atoms with van der Waals surface area (Å²) >= 11 is 0. The molecule has 0 aliphatic carbocycles. The number of hydrogen-bond donors (Lipinski definition) is 0. The van der Waals surface area contributed by atoms with Crippen LogP contribution in [0.4, 0.5) is 0 Å². The first kappa shape index (κ1) is 17.6. The molecule has 0 saturated carbocycles. The molecule has 0 aromatic rings. The van der Waals surface area contributed by atoms with Crippen molar-refractivity contribution in [2.45, 2.75) is 26.9 Å². The van der Waals surface area contributed by atoms with Crippen molar-refractivity contribution in [1.29, 1.82) is 0 Å². The molecular formula is C13H16O7. The predicted molar refractivity (Wildman–Crippen MR) is 67.2 cm³/mol. The molecule has 110 valence electrons. The standard InChI is InChI=1S/C13H16O7/c1-9(15)18-8-13(20-11(3)17)7-12(5-4-6-14)19-10(2)16/h4-7,13H,8H2,1-3H3/b5-4+,12-7-/t13-/m0/s1. The zero-order valence-corrected chi connectivity index (χ0v) is 11.5. The minimum Gasteiger partial charge on any atom is -0.462 e. The van der Waals surface area contributed by atoms with E-state index in [4.69, 9.17) is 14.2 Å². The van der Waals surface area contributed by atoms with Crippen molar-refractivity contribution in [3.63, 3.8) is 0 Å². The molecule has 20 heavy (non-hydrogen) atoms. The van der Waals surface area contributed by atoms with Crippen LogP contribution in [0.1, 0.15) is 20.8 Å². The maximum atomic E-state index is 10.9. The van der Waals surface area contributed by atoms with Crippen LogP contribution in [0.3, 0.4) is 0 Å². The molecule has 0 radical (unpaired) electrons. The minimum atomic E-state index is -0.929. The van der Waals surface area contributed by atoms with Crippen LogP contribution in [0.15, 0.2) is 24.0 Å². The van der Waals surface area contributed by atoms with E-state index in [1.54, 1.807) is 0 Å². The smallest absolute Gasteiger partial charge is 0.308 e. The topological polar surface area (TPSA) is 96.0 Å². The Hall–Kier alpha value is -2.44. The van der Waals surface area contributed by atoms with Crippen molar-refractivity contribution < 1.29 is 33.4 Å². The second-order valence-corrected chi connectivity index (χ2v) is 3.61. The average molecular weight is 284 g/mol. The normalized spacial score (nSPS) is 12.7. The number of ether oxygens (including phenoxy) is 3. The number of esters is 3. The molecule has 1 atom stereocenters. The lowest BCUT2D eigenvalue weighted by Gasteiger charge is -2.14. The van der Waals surface area contributed by atoms with Crippen molar-refractivity contribution in [3.8, 4) is 0 Å². The van der Waals surface area contributed by atoms with Gasteiger partial charge in [0, 0.05) is 26.8 Å². The van der Waals surface area contributed by atoms with Gasteiger partial charge in [-0.05, 0) is 12.2 Å². The SMILES string of the molecule is CC(=O)OC[C@H](/C=C(/C=C/C=O)OC(C)=O)OC(C)=O. The molecule has 7 nitrogen and oxygen atoms in total. The predicted octanol–water partition coefficient (Wildman–Crippen LogP) is 0.683. The summed E-state index contributed by atoms with van der Waals surface area (Å²) in [6.07, 6.45) is 3.14. The molecule has 0 heterocycles. The molecule has 7 heteroatoms. The molecule has 0 aromatic carbocycles. The van der Waals surface area contributed by atoms with Gasteiger partial charge in [0.15, 0.2) is 6.10 Å². The monoisotopic (exact) mass is 284 g/mol. The van der Waals surface area contributed by atoms with Crippen LogP contribution in [-0.4, -0.2) is 36.9 Å². The molecule has 0 aliphatic rings. The zero-order chi connectivity index (χ0) is 15.5. The molecule has 0 rings (SSSR count). The average Bonchev–Trinajstić information content (AvgIpc) is 2.31. The molecule has 0 fully saturated rings. The summed E-state index contributed by atoms with van der Waals surface area (Å²) in [5, 5.41) is 0. The summed E-state index contributed by atoms with van der Waals surface area (Å²) in [5.74, 6) is -1.75. The van der Waals surface area contributed by atoms with Crippen LogP contribution in [0, 0.1) is 0 Å². The first-order valence-electron chi connectivity index (χ1n) is 5.67. The van der Waals surface area contributed by atoms with E-state index in [0.717, 1.165) is 6.08 Å². The molecular weight excluding hydrogens is 268 g/mol. The number of carbonyl (C=O) groups excluding carboxylic acids is 4. The van der Waals surface area contributed by atoms with Gasteiger partial charge in [0.1, 0.15) is 18.7 Å². The van der Waals surface area contributed by atoms with Crippen molar-refractivity contribution >= 4 is 24.2 Å². The van der Waals surface area contributed by atoms with E-state index in [1.165, 1.54) is 32.9 Å². The number of hydrogen-bond acceptors (Lipinski definition) is 7. The van der Waals surface area contributed by atoms with E-state index >= 15 is 0 Å². The van der Waals surface area contributed by atoms with E-state index in [1.807, 2.05) is 0 Å². The lowest BCUT2D eigenvalue weighted by Crippen LogP contribution is -2.22. The number of rotatable bonds is 7. The third-order valence-corrected chi connectivity index (χ3v) is 1.72. The molecule has 0 amide bonds. The number of allylic oxidation sites excluding steroid dienone is 2. The van der Waals surface area contributed by atoms with Crippen molar-refractivity contribution in [3.05, 3.63) is 24.0 Å². The Labute approximate surface area is 116 Å². The second kappa shape index (κ2) is 9.48. The van der Waals surface area contributed by atoms with Crippen LogP contribution in [-0.2, 0) is 33.4 Å². The van der Waals surface area contributed by atoms with Gasteiger partial charge in [-0.15, -0.1) is 0 Å². The third-order valence-electron chi connectivity index (χ3n) is 1.72. The van der Waals surface area contributed by atoms with Crippen LogP contribution in [0.25, 0.3) is 0 Å². The quantitative estimate of drug-likeness (QED) is 0.169. The first-order valence-corrected chi connectivity index (χ1v) is 5.67. The maximum Gasteiger partial charge on any atom is 0.308 e. The van der Waals surface area contributed by atoms with Crippen LogP contribution in [0.5, 0.6) is 0 Å². The minimum absolute atomic E-state index is 0.00278. The fourth-order valence-electron chi connectivity index (χ4n) is 1.14. The van der Waals surface area contributed by atoms with Gasteiger partial charge in [-0.2, -0.15) is 0 Å². The molecule has 0 aliphatic heterocycles. The van der Waals surface area contributed by atoms with E-state index in [-0.39, 0.29) is 12.4 Å². The van der Waals surface area contributed by atoms with Gasteiger partial charge in [0.05, 0.1) is 0 Å². The van der Waals surface area contributed by atoms with Crippen molar-refractivity contribution in [2.24, 2.45) is 0 Å². The van der Waals surface area contributed by atoms with Crippen LogP contribution < -0.4 is 0 Å². The highest BCUT2D eigenvalue weighted by Crippen LogP contribution is 2.06. The first-order chi connectivity index (χ1) is 9.35. The Morgan fingerprint density at radius 2 is 1.70 bits per heavy atom. The second-order valence-electron chi connectivity index (χ2n) is 3.61. The summed E-state index contributed by atoms with van der Waals surface area (Å²) in [4.78, 5) is 42.9. The van der Waals surface area contributed by atoms with Crippen molar-refractivity contribution in [1.82, 2.24) is 0 Å². The molecule has 0 N–H and O–H groups in total. The summed E-state index contributed by atoms with van der Waals surface area (Å²) < 4.78 is 14.4. The van der Waals surface area contributed by atoms with E-state index in [9.17, 15) is 19.2 Å². The summed E-state index contributed by atoms with van der Waals surface area (Å²) in [5.41, 5.74) is 0. The van der Waals surface area contributed by atoms with Gasteiger partial charge in [-0.1, -0.05) is 0 Å². The van der Waals surface area contributed by atoms with Crippen LogP contribution >= 0.6 is 0 Å². The fraction of sp³-hybridized carbons (Fsp3) is 0.385. The summed E-state index contributed by atoms with van der Waals surface area (Å²) in [6, 6.07) is 0. The Balaban J connectivity index is 5.03. The Kier molecular flexibility index (Phi) is 8.33. The Morgan fingerprint density at radius 3 is 2.15 bits per heavy atom. The lowest BCUT2D eigenvalue weighted by atomic mass is 10.3. The van der Waals surface area contributed by atoms with Gasteiger partial charge >= 0.3 is 17.9 Å². The Morgan fingerprint density at radius 1 is 1.05 bits per heavy atom. The molecule has 0 spiro atoms. The van der Waals surface area contributed by atoms with E-state index in [0.29, 0.717) is 6.29 Å². The van der Waals surface area contributed by atoms with E-state index < -0.39 is 24.0 Å². The van der Waals surface area contributed by atoms with Crippen molar-refractivity contribution in [2.75, 3.05) is 6.61 Å². The van der Waals surface area contributed by atoms with Gasteiger partial charge in [0.2, 0.25) is 0 Å². The molecule has 0 saturated heterocycles. The number of carbonyl (C=O) groups is 4. The lowest BCUT2D eigenvalue weighted by molar-refractivity contribution is -0.153. The van der Waals surface area contributed by atoms with Gasteiger partial charge < -0.3 is 14.2 Å². The molecule has 0 bridgehead atoms. The van der Waals surface area contributed by atoms with Gasteiger partial charge in [0.25, 0.3) is 0 Å². The highest BCUT2D eigenvalue weighted by atomic mass is 16.6. The summed E-state index contributed by atoms with van der Waals surface area (Å²) in [7, 11) is 0. The Bertz CT molecular complexity index is 434. The van der Waals surface area contributed by atoms with Crippen LogP contribution in [0.2, 0.25) is 0 Å². The maximum absolute atomic E-state index is 10.9. The zero-order valence-electron chi connectivity index (χ0n) is 11.5. The highest BCUT2D eigenvalue weighted by molar-refractivity contribution is 5.70. The molecule has 0 aromatic heterocycles. The highest BCUT2D eigenvalue weighted by Gasteiger charge is 2.13.